The lowest BCUT2D eigenvalue weighted by Gasteiger charge is -2.18. The number of thiazole rings is 1. The van der Waals surface area contributed by atoms with Gasteiger partial charge in [0.05, 0.1) is 21.7 Å². The Balaban J connectivity index is 1.41. The number of nitrogens with one attached hydrogen (secondary N) is 1. The van der Waals surface area contributed by atoms with Crippen molar-refractivity contribution in [1.29, 1.82) is 0 Å². The average molecular weight is 425 g/mol. The van der Waals surface area contributed by atoms with Crippen LogP contribution in [0, 0.1) is 17.0 Å². The van der Waals surface area contributed by atoms with Gasteiger partial charge in [-0.05, 0) is 18.9 Å². The monoisotopic (exact) mass is 425 g/mol. The number of nitrogens with zero attached hydrogens (tertiary/aromatic N) is 2. The minimum atomic E-state index is -0.591. The molecule has 0 fully saturated rings. The molecule has 0 aliphatic carbocycles. The summed E-state index contributed by atoms with van der Waals surface area (Å²) in [7, 11) is 0. The van der Waals surface area contributed by atoms with Gasteiger partial charge in [0.1, 0.15) is 18.8 Å². The highest BCUT2D eigenvalue weighted by molar-refractivity contribution is 7.09. The number of hydrogen-bond donors (Lipinski definition) is 1. The Morgan fingerprint density at radius 2 is 1.90 bits per heavy atom. The van der Waals surface area contributed by atoms with Crippen molar-refractivity contribution in [1.82, 2.24) is 10.3 Å². The van der Waals surface area contributed by atoms with E-state index in [0.717, 1.165) is 21.8 Å². The van der Waals surface area contributed by atoms with Crippen LogP contribution in [0.1, 0.15) is 20.9 Å². The Morgan fingerprint density at radius 3 is 2.53 bits per heavy atom. The molecular weight excluding hydrogens is 406 g/mol. The van der Waals surface area contributed by atoms with Crippen LogP contribution < -0.4 is 14.8 Å². The first kappa shape index (κ1) is 19.8. The molecule has 2 aromatic carbocycles. The van der Waals surface area contributed by atoms with Crippen LogP contribution in [0.3, 0.4) is 0 Å². The third kappa shape index (κ3) is 4.25. The molecule has 0 spiro atoms. The molecule has 1 aliphatic rings. The zero-order chi connectivity index (χ0) is 21.1. The molecule has 0 radical (unpaired) electrons. The molecule has 1 N–H and O–H groups in total. The standard InChI is InChI=1S/C21H19N3O5S/c1-13-23-17(12-30-13)15-4-2-14(3-5-15)6-7-22-21(25)16-10-19-20(29-9-8-28-19)11-18(16)24(26)27/h2-5,10-12H,6-9H2,1H3,(H,22,25). The van der Waals surface area contributed by atoms with Crippen molar-refractivity contribution >= 4 is 22.9 Å². The Labute approximate surface area is 176 Å². The molecule has 1 aromatic heterocycles. The maximum Gasteiger partial charge on any atom is 0.286 e. The predicted octanol–water partition coefficient (Wildman–Crippen LogP) is 3.77. The first-order chi connectivity index (χ1) is 14.5. The SMILES string of the molecule is Cc1nc(-c2ccc(CCNC(=O)c3cc4c(cc3[N+](=O)[O-])OCCO4)cc2)cs1. The van der Waals surface area contributed by atoms with Gasteiger partial charge in [-0.25, -0.2) is 4.98 Å². The largest absolute Gasteiger partial charge is 0.486 e. The van der Waals surface area contributed by atoms with Gasteiger partial charge < -0.3 is 14.8 Å². The van der Waals surface area contributed by atoms with E-state index >= 15 is 0 Å². The van der Waals surface area contributed by atoms with Gasteiger partial charge in [0, 0.05) is 23.6 Å². The van der Waals surface area contributed by atoms with Crippen molar-refractivity contribution in [2.24, 2.45) is 0 Å². The summed E-state index contributed by atoms with van der Waals surface area (Å²) in [5.41, 5.74) is 2.68. The van der Waals surface area contributed by atoms with Gasteiger partial charge in [-0.1, -0.05) is 24.3 Å². The lowest BCUT2D eigenvalue weighted by atomic mass is 10.1. The predicted molar refractivity (Wildman–Crippen MR) is 112 cm³/mol. The molecule has 0 saturated heterocycles. The molecule has 154 valence electrons. The Bertz CT molecular complexity index is 1090. The quantitative estimate of drug-likeness (QED) is 0.476. The summed E-state index contributed by atoms with van der Waals surface area (Å²) in [5.74, 6) is 0.0954. The minimum Gasteiger partial charge on any atom is -0.486 e. The number of nitro benzene ring substituents is 1. The maximum atomic E-state index is 12.6. The van der Waals surface area contributed by atoms with Crippen LogP contribution in [0.5, 0.6) is 11.5 Å². The summed E-state index contributed by atoms with van der Waals surface area (Å²) >= 11 is 1.61. The van der Waals surface area contributed by atoms with Crippen molar-refractivity contribution < 1.29 is 19.2 Å². The van der Waals surface area contributed by atoms with Gasteiger partial charge in [-0.15, -0.1) is 11.3 Å². The molecule has 0 atom stereocenters. The minimum absolute atomic E-state index is 0.0431. The normalized spacial score (nSPS) is 12.4. The molecule has 1 amide bonds. The molecule has 3 aromatic rings. The number of ether oxygens (including phenoxy) is 2. The molecular formula is C21H19N3O5S. The summed E-state index contributed by atoms with van der Waals surface area (Å²) in [6, 6.07) is 10.6. The molecule has 2 heterocycles. The molecule has 1 aliphatic heterocycles. The van der Waals surface area contributed by atoms with E-state index in [-0.39, 0.29) is 17.0 Å². The van der Waals surface area contributed by atoms with Crippen LogP contribution >= 0.6 is 11.3 Å². The Kier molecular flexibility index (Phi) is 5.62. The second-order valence-corrected chi connectivity index (χ2v) is 7.79. The summed E-state index contributed by atoms with van der Waals surface area (Å²) in [6.45, 7) is 2.97. The summed E-state index contributed by atoms with van der Waals surface area (Å²) in [6.07, 6.45) is 0.598. The number of aryl methyl sites for hydroxylation is 1. The van der Waals surface area contributed by atoms with E-state index in [1.54, 1.807) is 11.3 Å². The van der Waals surface area contributed by atoms with Gasteiger partial charge in [0.15, 0.2) is 11.5 Å². The molecule has 8 nitrogen and oxygen atoms in total. The van der Waals surface area contributed by atoms with Crippen molar-refractivity contribution in [2.45, 2.75) is 13.3 Å². The van der Waals surface area contributed by atoms with E-state index < -0.39 is 10.8 Å². The number of aromatic nitrogens is 1. The third-order valence-electron chi connectivity index (χ3n) is 4.67. The highest BCUT2D eigenvalue weighted by atomic mass is 32.1. The summed E-state index contributed by atoms with van der Waals surface area (Å²) in [4.78, 5) is 27.8. The van der Waals surface area contributed by atoms with Gasteiger partial charge in [-0.2, -0.15) is 0 Å². The number of carbonyl (C=O) groups is 1. The molecule has 4 rings (SSSR count). The van der Waals surface area contributed by atoms with Crippen molar-refractivity contribution in [3.05, 3.63) is 68.0 Å². The second-order valence-electron chi connectivity index (χ2n) is 6.72. The van der Waals surface area contributed by atoms with Crippen molar-refractivity contribution in [3.63, 3.8) is 0 Å². The number of carbonyl (C=O) groups excluding carboxylic acids is 1. The zero-order valence-corrected chi connectivity index (χ0v) is 17.0. The van der Waals surface area contributed by atoms with Crippen LogP contribution in [0.4, 0.5) is 5.69 Å². The summed E-state index contributed by atoms with van der Waals surface area (Å²) in [5, 5.41) is 17.2. The van der Waals surface area contributed by atoms with E-state index in [0.29, 0.717) is 31.9 Å². The first-order valence-electron chi connectivity index (χ1n) is 9.39. The van der Waals surface area contributed by atoms with Crippen LogP contribution in [0.2, 0.25) is 0 Å². The number of amides is 1. The molecule has 30 heavy (non-hydrogen) atoms. The van der Waals surface area contributed by atoms with Crippen LogP contribution in [-0.4, -0.2) is 35.6 Å². The number of rotatable bonds is 6. The van der Waals surface area contributed by atoms with Gasteiger partial charge >= 0.3 is 0 Å². The summed E-state index contributed by atoms with van der Waals surface area (Å²) < 4.78 is 10.8. The topological polar surface area (TPSA) is 104 Å². The fourth-order valence-electron chi connectivity index (χ4n) is 3.16. The average Bonchev–Trinajstić information content (AvgIpc) is 3.19. The Hall–Kier alpha value is -3.46. The third-order valence-corrected chi connectivity index (χ3v) is 5.44. The van der Waals surface area contributed by atoms with Crippen LogP contribution in [-0.2, 0) is 6.42 Å². The van der Waals surface area contributed by atoms with Gasteiger partial charge in [0.2, 0.25) is 0 Å². The van der Waals surface area contributed by atoms with Crippen molar-refractivity contribution in [2.75, 3.05) is 19.8 Å². The lowest BCUT2D eigenvalue weighted by molar-refractivity contribution is -0.385. The van der Waals surface area contributed by atoms with Gasteiger partial charge in [-0.3, -0.25) is 14.9 Å². The highest BCUT2D eigenvalue weighted by Crippen LogP contribution is 2.36. The number of nitro groups is 1. The Morgan fingerprint density at radius 1 is 1.20 bits per heavy atom. The van der Waals surface area contributed by atoms with E-state index in [4.69, 9.17) is 9.47 Å². The fourth-order valence-corrected chi connectivity index (χ4v) is 3.79. The van der Waals surface area contributed by atoms with Crippen LogP contribution in [0.25, 0.3) is 11.3 Å². The molecule has 0 unspecified atom stereocenters. The number of fused-ring (bicyclic) bond motifs is 1. The van der Waals surface area contributed by atoms with Gasteiger partial charge in [0.25, 0.3) is 11.6 Å². The lowest BCUT2D eigenvalue weighted by Crippen LogP contribution is -2.27. The van der Waals surface area contributed by atoms with Crippen molar-refractivity contribution in [3.8, 4) is 22.8 Å². The maximum absolute atomic E-state index is 12.6. The first-order valence-corrected chi connectivity index (χ1v) is 10.3. The molecule has 0 bridgehead atoms. The van der Waals surface area contributed by atoms with E-state index in [1.165, 1.54) is 12.1 Å². The van der Waals surface area contributed by atoms with E-state index in [9.17, 15) is 14.9 Å². The van der Waals surface area contributed by atoms with E-state index in [1.807, 2.05) is 36.6 Å². The highest BCUT2D eigenvalue weighted by Gasteiger charge is 2.26. The van der Waals surface area contributed by atoms with Crippen LogP contribution in [0.15, 0.2) is 41.8 Å². The molecule has 9 heteroatoms. The smallest absolute Gasteiger partial charge is 0.286 e. The number of hydrogen-bond acceptors (Lipinski definition) is 7. The number of benzene rings is 2. The molecule has 0 saturated carbocycles. The van der Waals surface area contributed by atoms with E-state index in [2.05, 4.69) is 10.3 Å². The second kappa shape index (κ2) is 8.50. The fraction of sp³-hybridized carbons (Fsp3) is 0.238. The zero-order valence-electron chi connectivity index (χ0n) is 16.2.